The van der Waals surface area contributed by atoms with E-state index < -0.39 is 26.6 Å². The molecule has 1 heterocycles. The van der Waals surface area contributed by atoms with Crippen molar-refractivity contribution in [2.45, 2.75) is 17.2 Å². The third-order valence-electron chi connectivity index (χ3n) is 3.93. The Hall–Kier alpha value is -1.79. The van der Waals surface area contributed by atoms with Gasteiger partial charge >= 0.3 is 0 Å². The molecule has 0 aromatic heterocycles. The van der Waals surface area contributed by atoms with Crippen LogP contribution in [-0.4, -0.2) is 25.8 Å². The van der Waals surface area contributed by atoms with Crippen LogP contribution in [0.25, 0.3) is 0 Å². The fraction of sp³-hybridized carbons (Fsp3) is 0.250. The predicted molar refractivity (Wildman–Crippen MR) is 78.9 cm³/mol. The van der Waals surface area contributed by atoms with E-state index in [-0.39, 0.29) is 12.5 Å². The molecule has 0 saturated carbocycles. The van der Waals surface area contributed by atoms with Gasteiger partial charge in [0.2, 0.25) is 10.0 Å². The van der Waals surface area contributed by atoms with Gasteiger partial charge < -0.3 is 0 Å². The summed E-state index contributed by atoms with van der Waals surface area (Å²) in [6.45, 7) is 0.583. The van der Waals surface area contributed by atoms with Crippen LogP contribution < -0.4 is 0 Å². The van der Waals surface area contributed by atoms with Gasteiger partial charge in [-0.15, -0.1) is 0 Å². The van der Waals surface area contributed by atoms with Gasteiger partial charge in [0.15, 0.2) is 0 Å². The first-order chi connectivity index (χ1) is 10.5. The smallest absolute Gasteiger partial charge is 0.207 e. The maximum atomic E-state index is 13.8. The summed E-state index contributed by atoms with van der Waals surface area (Å²) in [5.74, 6) is -1.61. The molecule has 1 atom stereocenters. The second-order valence-corrected chi connectivity index (χ2v) is 7.24. The van der Waals surface area contributed by atoms with Crippen LogP contribution in [0.3, 0.4) is 0 Å². The van der Waals surface area contributed by atoms with Gasteiger partial charge in [-0.2, -0.15) is 4.31 Å². The van der Waals surface area contributed by atoms with Crippen LogP contribution in [-0.2, 0) is 10.0 Å². The number of hydrogen-bond donors (Lipinski definition) is 0. The molecule has 1 fully saturated rings. The monoisotopic (exact) mass is 323 g/mol. The van der Waals surface area contributed by atoms with Crippen molar-refractivity contribution in [1.82, 2.24) is 4.31 Å². The Morgan fingerprint density at radius 1 is 1.05 bits per heavy atom. The zero-order valence-electron chi connectivity index (χ0n) is 11.7. The maximum absolute atomic E-state index is 13.8. The average molecular weight is 323 g/mol. The fourth-order valence-electron chi connectivity index (χ4n) is 2.76. The number of hydrogen-bond acceptors (Lipinski definition) is 2. The van der Waals surface area contributed by atoms with Gasteiger partial charge in [0.05, 0.1) is 0 Å². The van der Waals surface area contributed by atoms with Crippen LogP contribution in [0.5, 0.6) is 0 Å². The summed E-state index contributed by atoms with van der Waals surface area (Å²) in [4.78, 5) is -0.596. The van der Waals surface area contributed by atoms with E-state index in [1.165, 1.54) is 4.31 Å². The number of benzene rings is 2. The Balaban J connectivity index is 1.87. The number of sulfonamides is 1. The molecule has 1 aliphatic rings. The highest BCUT2D eigenvalue weighted by atomic mass is 32.2. The molecule has 0 aliphatic carbocycles. The summed E-state index contributed by atoms with van der Waals surface area (Å²) in [5, 5.41) is 0. The van der Waals surface area contributed by atoms with E-state index in [1.807, 2.05) is 30.3 Å². The lowest BCUT2D eigenvalue weighted by molar-refractivity contribution is 0.463. The molecule has 3 nitrogen and oxygen atoms in total. The summed E-state index contributed by atoms with van der Waals surface area (Å²) in [7, 11) is -4.01. The lowest BCUT2D eigenvalue weighted by atomic mass is 9.99. The molecule has 0 radical (unpaired) electrons. The van der Waals surface area contributed by atoms with Crippen LogP contribution in [0.2, 0.25) is 0 Å². The minimum Gasteiger partial charge on any atom is -0.207 e. The molecule has 0 bridgehead atoms. The topological polar surface area (TPSA) is 37.4 Å². The molecule has 22 heavy (non-hydrogen) atoms. The molecule has 1 unspecified atom stereocenters. The molecule has 6 heteroatoms. The van der Waals surface area contributed by atoms with E-state index in [4.69, 9.17) is 0 Å². The number of nitrogens with zero attached hydrogens (tertiary/aromatic N) is 1. The molecular formula is C16H15F2NO2S. The van der Waals surface area contributed by atoms with Gasteiger partial charge in [-0.3, -0.25) is 0 Å². The largest absolute Gasteiger partial charge is 0.246 e. The van der Waals surface area contributed by atoms with Crippen molar-refractivity contribution in [2.75, 3.05) is 13.1 Å². The Morgan fingerprint density at radius 3 is 2.50 bits per heavy atom. The standard InChI is InChI=1S/C16H15F2NO2S/c17-14-6-7-15(18)16(10-14)22(20,21)19-9-8-13(11-19)12-4-2-1-3-5-12/h1-7,10,13H,8-9,11H2. The van der Waals surface area contributed by atoms with Crippen LogP contribution in [0.15, 0.2) is 53.4 Å². The first kappa shape index (κ1) is 15.1. The summed E-state index contributed by atoms with van der Waals surface area (Å²) in [6, 6.07) is 12.1. The quantitative estimate of drug-likeness (QED) is 0.870. The van der Waals surface area contributed by atoms with E-state index in [0.717, 1.165) is 23.8 Å². The minimum atomic E-state index is -4.01. The summed E-state index contributed by atoms with van der Waals surface area (Å²) < 4.78 is 53.3. The zero-order chi connectivity index (χ0) is 15.7. The fourth-order valence-corrected chi connectivity index (χ4v) is 4.33. The van der Waals surface area contributed by atoms with Crippen molar-refractivity contribution in [2.24, 2.45) is 0 Å². The normalized spacial score (nSPS) is 19.5. The Kier molecular flexibility index (Phi) is 3.97. The lowest BCUT2D eigenvalue weighted by Crippen LogP contribution is -2.29. The molecule has 1 aliphatic heterocycles. The molecule has 2 aromatic rings. The van der Waals surface area contributed by atoms with Gasteiger partial charge in [0.1, 0.15) is 16.5 Å². The number of halogens is 2. The summed E-state index contributed by atoms with van der Waals surface area (Å²) in [5.41, 5.74) is 1.06. The maximum Gasteiger partial charge on any atom is 0.246 e. The van der Waals surface area contributed by atoms with E-state index in [1.54, 1.807) is 0 Å². The van der Waals surface area contributed by atoms with Crippen molar-refractivity contribution < 1.29 is 17.2 Å². The first-order valence-corrected chi connectivity index (χ1v) is 8.42. The number of rotatable bonds is 3. The second-order valence-electron chi connectivity index (χ2n) is 5.33. The highest BCUT2D eigenvalue weighted by Crippen LogP contribution is 2.31. The Morgan fingerprint density at radius 2 is 1.77 bits per heavy atom. The third kappa shape index (κ3) is 2.76. The minimum absolute atomic E-state index is 0.0765. The Bertz CT molecular complexity index is 778. The first-order valence-electron chi connectivity index (χ1n) is 6.98. The lowest BCUT2D eigenvalue weighted by Gasteiger charge is -2.17. The average Bonchev–Trinajstić information content (AvgIpc) is 3.01. The highest BCUT2D eigenvalue weighted by Gasteiger charge is 2.34. The molecule has 0 N–H and O–H groups in total. The molecule has 0 spiro atoms. The van der Waals surface area contributed by atoms with Gasteiger partial charge in [-0.05, 0) is 36.1 Å². The third-order valence-corrected chi connectivity index (χ3v) is 5.81. The molecule has 3 rings (SSSR count). The summed E-state index contributed by atoms with van der Waals surface area (Å²) in [6.07, 6.45) is 0.667. The van der Waals surface area contributed by atoms with Gasteiger partial charge in [-0.25, -0.2) is 17.2 Å². The molecular weight excluding hydrogens is 308 g/mol. The second kappa shape index (κ2) is 5.78. The van der Waals surface area contributed by atoms with Gasteiger partial charge in [0, 0.05) is 13.1 Å². The van der Waals surface area contributed by atoms with Crippen molar-refractivity contribution in [3.8, 4) is 0 Å². The van der Waals surface area contributed by atoms with E-state index >= 15 is 0 Å². The molecule has 0 amide bonds. The molecule has 2 aromatic carbocycles. The van der Waals surface area contributed by atoms with E-state index in [0.29, 0.717) is 13.0 Å². The van der Waals surface area contributed by atoms with Crippen molar-refractivity contribution in [3.05, 3.63) is 65.7 Å². The predicted octanol–water partition coefficient (Wildman–Crippen LogP) is 3.14. The van der Waals surface area contributed by atoms with Crippen molar-refractivity contribution in [3.63, 3.8) is 0 Å². The van der Waals surface area contributed by atoms with E-state index in [9.17, 15) is 17.2 Å². The molecule has 116 valence electrons. The SMILES string of the molecule is O=S(=O)(c1cc(F)ccc1F)N1CCC(c2ccccc2)C1. The zero-order valence-corrected chi connectivity index (χ0v) is 12.6. The van der Waals surface area contributed by atoms with E-state index in [2.05, 4.69) is 0 Å². The summed E-state index contributed by atoms with van der Waals surface area (Å²) >= 11 is 0. The van der Waals surface area contributed by atoms with Gasteiger partial charge in [-0.1, -0.05) is 30.3 Å². The van der Waals surface area contributed by atoms with Crippen LogP contribution in [0.4, 0.5) is 8.78 Å². The van der Waals surface area contributed by atoms with Gasteiger partial charge in [0.25, 0.3) is 0 Å². The Labute approximate surface area is 128 Å². The van der Waals surface area contributed by atoms with Crippen LogP contribution in [0.1, 0.15) is 17.9 Å². The van der Waals surface area contributed by atoms with Crippen LogP contribution in [0, 0.1) is 11.6 Å². The van der Waals surface area contributed by atoms with Crippen LogP contribution >= 0.6 is 0 Å². The molecule has 1 saturated heterocycles. The van der Waals surface area contributed by atoms with Crippen molar-refractivity contribution >= 4 is 10.0 Å². The van der Waals surface area contributed by atoms with Crippen molar-refractivity contribution in [1.29, 1.82) is 0 Å². The highest BCUT2D eigenvalue weighted by molar-refractivity contribution is 7.89.